The summed E-state index contributed by atoms with van der Waals surface area (Å²) in [6, 6.07) is 0. The molecule has 0 radical (unpaired) electrons. The molecule has 92 valence electrons. The topological polar surface area (TPSA) is 20.2 Å². The van der Waals surface area contributed by atoms with Crippen molar-refractivity contribution < 1.29 is 5.11 Å². The van der Waals surface area contributed by atoms with Crippen LogP contribution in [0.25, 0.3) is 0 Å². The van der Waals surface area contributed by atoms with Crippen molar-refractivity contribution >= 4 is 0 Å². The summed E-state index contributed by atoms with van der Waals surface area (Å²) in [6.45, 7) is 9.34. The number of unbranched alkanes of at least 4 members (excludes halogenated alkanes) is 1. The highest BCUT2D eigenvalue weighted by atomic mass is 16.3. The molecule has 0 fully saturated rings. The van der Waals surface area contributed by atoms with Gasteiger partial charge in [-0.05, 0) is 24.2 Å². The summed E-state index contributed by atoms with van der Waals surface area (Å²) in [7, 11) is 0. The molecule has 1 N–H and O–H groups in total. The highest BCUT2D eigenvalue weighted by Gasteiger charge is 2.25. The van der Waals surface area contributed by atoms with Gasteiger partial charge in [0, 0.05) is 6.61 Å². The molecule has 0 bridgehead atoms. The van der Waals surface area contributed by atoms with Gasteiger partial charge in [0.1, 0.15) is 0 Å². The van der Waals surface area contributed by atoms with Crippen LogP contribution in [0, 0.1) is 11.3 Å². The molecular formula is C14H30O. The van der Waals surface area contributed by atoms with E-state index in [1.165, 1.54) is 38.5 Å². The average molecular weight is 214 g/mol. The van der Waals surface area contributed by atoms with E-state index in [-0.39, 0.29) is 5.41 Å². The summed E-state index contributed by atoms with van der Waals surface area (Å²) >= 11 is 0. The third kappa shape index (κ3) is 6.19. The zero-order chi connectivity index (χ0) is 11.7. The van der Waals surface area contributed by atoms with E-state index in [4.69, 9.17) is 0 Å². The van der Waals surface area contributed by atoms with Crippen LogP contribution in [0.4, 0.5) is 0 Å². The highest BCUT2D eigenvalue weighted by molar-refractivity contribution is 4.76. The maximum Gasteiger partial charge on any atom is 0.0484 e. The van der Waals surface area contributed by atoms with Gasteiger partial charge >= 0.3 is 0 Å². The van der Waals surface area contributed by atoms with Crippen molar-refractivity contribution in [3.05, 3.63) is 0 Å². The second-order valence-corrected chi connectivity index (χ2v) is 5.34. The first kappa shape index (κ1) is 15.0. The molecule has 1 heteroatoms. The van der Waals surface area contributed by atoms with Crippen LogP contribution in [0.15, 0.2) is 0 Å². The molecular weight excluding hydrogens is 184 g/mol. The van der Waals surface area contributed by atoms with Gasteiger partial charge in [0.15, 0.2) is 0 Å². The zero-order valence-corrected chi connectivity index (χ0v) is 11.2. The Hall–Kier alpha value is -0.0400. The quantitative estimate of drug-likeness (QED) is 0.603. The number of rotatable bonds is 9. The van der Waals surface area contributed by atoms with Crippen LogP contribution in [0.2, 0.25) is 0 Å². The fraction of sp³-hybridized carbons (Fsp3) is 1.00. The summed E-state index contributed by atoms with van der Waals surface area (Å²) in [5, 5.41) is 9.49. The SMILES string of the molecule is CCCCC(CC)CC(C)(CO)CCC. The second-order valence-electron chi connectivity index (χ2n) is 5.34. The van der Waals surface area contributed by atoms with E-state index >= 15 is 0 Å². The molecule has 0 aliphatic heterocycles. The van der Waals surface area contributed by atoms with Crippen LogP contribution >= 0.6 is 0 Å². The van der Waals surface area contributed by atoms with Crippen molar-refractivity contribution in [3.8, 4) is 0 Å². The van der Waals surface area contributed by atoms with E-state index in [0.29, 0.717) is 6.61 Å². The third-order valence-corrected chi connectivity index (χ3v) is 3.56. The molecule has 0 saturated heterocycles. The van der Waals surface area contributed by atoms with Crippen LogP contribution in [0.3, 0.4) is 0 Å². The van der Waals surface area contributed by atoms with E-state index in [9.17, 15) is 5.11 Å². The largest absolute Gasteiger partial charge is 0.396 e. The Morgan fingerprint density at radius 1 is 1.13 bits per heavy atom. The van der Waals surface area contributed by atoms with Gasteiger partial charge in [0.05, 0.1) is 0 Å². The first-order valence-electron chi connectivity index (χ1n) is 6.72. The van der Waals surface area contributed by atoms with E-state index < -0.39 is 0 Å². The Kier molecular flexibility index (Phi) is 8.13. The van der Waals surface area contributed by atoms with Gasteiger partial charge in [-0.1, -0.05) is 59.8 Å². The van der Waals surface area contributed by atoms with E-state index in [2.05, 4.69) is 27.7 Å². The minimum absolute atomic E-state index is 0.170. The molecule has 1 nitrogen and oxygen atoms in total. The molecule has 0 aliphatic carbocycles. The fourth-order valence-electron chi connectivity index (χ4n) is 2.49. The lowest BCUT2D eigenvalue weighted by Crippen LogP contribution is -2.24. The minimum Gasteiger partial charge on any atom is -0.396 e. The van der Waals surface area contributed by atoms with Crippen molar-refractivity contribution in [2.45, 2.75) is 72.6 Å². The summed E-state index contributed by atoms with van der Waals surface area (Å²) in [6.07, 6.45) is 8.78. The standard InChI is InChI=1S/C14H30O/c1-5-8-9-13(7-3)11-14(4,12-15)10-6-2/h13,15H,5-12H2,1-4H3. The molecule has 0 rings (SSSR count). The first-order valence-corrected chi connectivity index (χ1v) is 6.72. The van der Waals surface area contributed by atoms with E-state index in [1.54, 1.807) is 0 Å². The molecule has 0 aliphatic rings. The molecule has 2 unspecified atom stereocenters. The van der Waals surface area contributed by atoms with Crippen LogP contribution in [0.5, 0.6) is 0 Å². The Morgan fingerprint density at radius 3 is 2.20 bits per heavy atom. The van der Waals surface area contributed by atoms with Gasteiger partial charge in [-0.2, -0.15) is 0 Å². The maximum atomic E-state index is 9.49. The predicted molar refractivity (Wildman–Crippen MR) is 68.0 cm³/mol. The smallest absolute Gasteiger partial charge is 0.0484 e. The first-order chi connectivity index (χ1) is 7.11. The van der Waals surface area contributed by atoms with Crippen molar-refractivity contribution in [2.24, 2.45) is 11.3 Å². The lowest BCUT2D eigenvalue weighted by atomic mass is 9.76. The van der Waals surface area contributed by atoms with Crippen molar-refractivity contribution in [1.29, 1.82) is 0 Å². The number of hydrogen-bond acceptors (Lipinski definition) is 1. The normalized spacial score (nSPS) is 17.4. The molecule has 0 spiro atoms. The number of aliphatic hydroxyl groups excluding tert-OH is 1. The van der Waals surface area contributed by atoms with Gasteiger partial charge in [-0.3, -0.25) is 0 Å². The molecule has 0 saturated carbocycles. The molecule has 2 atom stereocenters. The lowest BCUT2D eigenvalue weighted by molar-refractivity contribution is 0.0988. The van der Waals surface area contributed by atoms with Crippen molar-refractivity contribution in [1.82, 2.24) is 0 Å². The lowest BCUT2D eigenvalue weighted by Gasteiger charge is -2.31. The molecule has 15 heavy (non-hydrogen) atoms. The molecule has 0 aromatic carbocycles. The van der Waals surface area contributed by atoms with Crippen molar-refractivity contribution in [3.63, 3.8) is 0 Å². The summed E-state index contributed by atoms with van der Waals surface area (Å²) < 4.78 is 0. The Bertz CT molecular complexity index is 144. The average Bonchev–Trinajstić information content (AvgIpc) is 2.24. The number of hydrogen-bond donors (Lipinski definition) is 1. The second kappa shape index (κ2) is 8.15. The fourth-order valence-corrected chi connectivity index (χ4v) is 2.49. The predicted octanol–water partition coefficient (Wildman–Crippen LogP) is 4.39. The highest BCUT2D eigenvalue weighted by Crippen LogP contribution is 2.34. The van der Waals surface area contributed by atoms with Crippen LogP contribution < -0.4 is 0 Å². The maximum absolute atomic E-state index is 9.49. The monoisotopic (exact) mass is 214 g/mol. The number of aliphatic hydroxyl groups is 1. The van der Waals surface area contributed by atoms with Gasteiger partial charge < -0.3 is 5.11 Å². The van der Waals surface area contributed by atoms with E-state index in [0.717, 1.165) is 12.3 Å². The van der Waals surface area contributed by atoms with Crippen molar-refractivity contribution in [2.75, 3.05) is 6.61 Å². The van der Waals surface area contributed by atoms with Gasteiger partial charge in [0.25, 0.3) is 0 Å². The van der Waals surface area contributed by atoms with E-state index in [1.807, 2.05) is 0 Å². The van der Waals surface area contributed by atoms with Gasteiger partial charge in [-0.25, -0.2) is 0 Å². The third-order valence-electron chi connectivity index (χ3n) is 3.56. The summed E-state index contributed by atoms with van der Waals surface area (Å²) in [4.78, 5) is 0. The zero-order valence-electron chi connectivity index (χ0n) is 11.2. The molecule has 0 amide bonds. The minimum atomic E-state index is 0.170. The van der Waals surface area contributed by atoms with Gasteiger partial charge in [-0.15, -0.1) is 0 Å². The van der Waals surface area contributed by atoms with Gasteiger partial charge in [0.2, 0.25) is 0 Å². The van der Waals surface area contributed by atoms with Crippen LogP contribution in [-0.2, 0) is 0 Å². The Labute approximate surface area is 96.3 Å². The Balaban J connectivity index is 4.09. The van der Waals surface area contributed by atoms with Crippen LogP contribution in [0.1, 0.15) is 72.6 Å². The molecule has 0 aromatic heterocycles. The Morgan fingerprint density at radius 2 is 1.80 bits per heavy atom. The molecule has 0 heterocycles. The summed E-state index contributed by atoms with van der Waals surface area (Å²) in [5.41, 5.74) is 0.170. The summed E-state index contributed by atoms with van der Waals surface area (Å²) in [5.74, 6) is 0.814. The van der Waals surface area contributed by atoms with Crippen LogP contribution in [-0.4, -0.2) is 11.7 Å². The molecule has 0 aromatic rings.